The van der Waals surface area contributed by atoms with Gasteiger partial charge in [-0.1, -0.05) is 13.0 Å². The van der Waals surface area contributed by atoms with Crippen molar-refractivity contribution in [2.75, 3.05) is 13.7 Å². The lowest BCUT2D eigenvalue weighted by atomic mass is 9.95. The van der Waals surface area contributed by atoms with Crippen LogP contribution in [0.25, 0.3) is 0 Å². The van der Waals surface area contributed by atoms with E-state index < -0.39 is 5.91 Å². The van der Waals surface area contributed by atoms with Crippen LogP contribution in [0.4, 0.5) is 0 Å². The summed E-state index contributed by atoms with van der Waals surface area (Å²) < 4.78 is 5.14. The van der Waals surface area contributed by atoms with Gasteiger partial charge in [-0.3, -0.25) is 4.79 Å². The number of rotatable bonds is 4. The van der Waals surface area contributed by atoms with E-state index in [2.05, 4.69) is 0 Å². The number of hydrogen-bond acceptors (Lipinski definition) is 3. The highest BCUT2D eigenvalue weighted by molar-refractivity contribution is 5.95. The first kappa shape index (κ1) is 11.5. The number of amides is 1. The minimum Gasteiger partial charge on any atom is -0.496 e. The third kappa shape index (κ3) is 2.27. The summed E-state index contributed by atoms with van der Waals surface area (Å²) in [7, 11) is 1.52. The number of aliphatic hydroxyl groups excluding tert-OH is 1. The van der Waals surface area contributed by atoms with E-state index in [1.807, 2.05) is 6.92 Å². The molecule has 1 unspecified atom stereocenters. The van der Waals surface area contributed by atoms with E-state index in [1.165, 1.54) is 7.11 Å². The standard InChI is InChI=1S/C11H15NO3/c1-7(6-13)10-8(11(12)14)4-3-5-9(10)15-2/h3-5,7,13H,6H2,1-2H3,(H2,12,14). The van der Waals surface area contributed by atoms with Gasteiger partial charge in [-0.15, -0.1) is 0 Å². The molecule has 1 atom stereocenters. The monoisotopic (exact) mass is 209 g/mol. The van der Waals surface area contributed by atoms with Gasteiger partial charge < -0.3 is 15.6 Å². The molecule has 1 amide bonds. The zero-order valence-electron chi connectivity index (χ0n) is 8.86. The Morgan fingerprint density at radius 3 is 2.73 bits per heavy atom. The van der Waals surface area contributed by atoms with E-state index in [9.17, 15) is 4.79 Å². The Morgan fingerprint density at radius 2 is 2.27 bits per heavy atom. The van der Waals surface area contributed by atoms with Crippen molar-refractivity contribution in [2.24, 2.45) is 5.73 Å². The molecule has 1 rings (SSSR count). The van der Waals surface area contributed by atoms with Crippen LogP contribution < -0.4 is 10.5 Å². The Kier molecular flexibility index (Phi) is 3.68. The summed E-state index contributed by atoms with van der Waals surface area (Å²) in [6.45, 7) is 1.75. The lowest BCUT2D eigenvalue weighted by Crippen LogP contribution is -2.16. The fraction of sp³-hybridized carbons (Fsp3) is 0.364. The first-order valence-corrected chi connectivity index (χ1v) is 4.69. The lowest BCUT2D eigenvalue weighted by Gasteiger charge is -2.16. The SMILES string of the molecule is COc1cccc(C(N)=O)c1C(C)CO. The van der Waals surface area contributed by atoms with Crippen LogP contribution in [0, 0.1) is 0 Å². The summed E-state index contributed by atoms with van der Waals surface area (Å²) in [5.74, 6) is -0.110. The van der Waals surface area contributed by atoms with Crippen LogP contribution in [-0.2, 0) is 0 Å². The van der Waals surface area contributed by atoms with Crippen molar-refractivity contribution < 1.29 is 14.6 Å². The van der Waals surface area contributed by atoms with Crippen molar-refractivity contribution in [3.63, 3.8) is 0 Å². The topological polar surface area (TPSA) is 72.5 Å². The Bertz CT molecular complexity index is 363. The second kappa shape index (κ2) is 4.79. The van der Waals surface area contributed by atoms with Gasteiger partial charge in [0.1, 0.15) is 5.75 Å². The molecule has 0 saturated heterocycles. The van der Waals surface area contributed by atoms with Crippen molar-refractivity contribution in [3.8, 4) is 5.75 Å². The number of nitrogens with two attached hydrogens (primary N) is 1. The smallest absolute Gasteiger partial charge is 0.249 e. The molecule has 0 radical (unpaired) electrons. The molecule has 3 N–H and O–H groups in total. The van der Waals surface area contributed by atoms with Gasteiger partial charge in [-0.05, 0) is 12.1 Å². The normalized spacial score (nSPS) is 12.2. The fourth-order valence-corrected chi connectivity index (χ4v) is 1.54. The molecule has 82 valence electrons. The van der Waals surface area contributed by atoms with Crippen LogP contribution in [0.5, 0.6) is 5.75 Å². The highest BCUT2D eigenvalue weighted by atomic mass is 16.5. The Hall–Kier alpha value is -1.55. The average Bonchev–Trinajstić information content (AvgIpc) is 2.26. The first-order chi connectivity index (χ1) is 7.11. The van der Waals surface area contributed by atoms with Gasteiger partial charge in [0.2, 0.25) is 5.91 Å². The van der Waals surface area contributed by atoms with Crippen LogP contribution in [0.3, 0.4) is 0 Å². The van der Waals surface area contributed by atoms with E-state index in [0.717, 1.165) is 0 Å². The Morgan fingerprint density at radius 1 is 1.60 bits per heavy atom. The maximum Gasteiger partial charge on any atom is 0.249 e. The van der Waals surface area contributed by atoms with E-state index >= 15 is 0 Å². The van der Waals surface area contributed by atoms with Crippen LogP contribution in [0.1, 0.15) is 28.8 Å². The minimum atomic E-state index is -0.510. The third-order valence-electron chi connectivity index (χ3n) is 2.32. The molecule has 0 fully saturated rings. The largest absolute Gasteiger partial charge is 0.496 e. The average molecular weight is 209 g/mol. The summed E-state index contributed by atoms with van der Waals surface area (Å²) in [5, 5.41) is 9.11. The molecule has 0 aliphatic carbocycles. The number of primary amides is 1. The predicted octanol–water partition coefficient (Wildman–Crippen LogP) is 0.890. The van der Waals surface area contributed by atoms with Gasteiger partial charge in [0.05, 0.1) is 7.11 Å². The quantitative estimate of drug-likeness (QED) is 0.773. The summed E-state index contributed by atoms with van der Waals surface area (Å²) >= 11 is 0. The van der Waals surface area contributed by atoms with Crippen LogP contribution >= 0.6 is 0 Å². The molecule has 0 aliphatic heterocycles. The molecular formula is C11H15NO3. The van der Waals surface area contributed by atoms with Crippen LogP contribution in [-0.4, -0.2) is 24.7 Å². The molecular weight excluding hydrogens is 194 g/mol. The zero-order valence-corrected chi connectivity index (χ0v) is 8.86. The molecule has 0 bridgehead atoms. The molecule has 4 nitrogen and oxygen atoms in total. The molecule has 4 heteroatoms. The van der Waals surface area contributed by atoms with Gasteiger partial charge in [0.15, 0.2) is 0 Å². The molecule has 1 aromatic rings. The van der Waals surface area contributed by atoms with Gasteiger partial charge in [-0.2, -0.15) is 0 Å². The number of hydrogen-bond donors (Lipinski definition) is 2. The van der Waals surface area contributed by atoms with Crippen molar-refractivity contribution >= 4 is 5.91 Å². The summed E-state index contributed by atoms with van der Waals surface area (Å²) in [6, 6.07) is 5.08. The van der Waals surface area contributed by atoms with Gasteiger partial charge >= 0.3 is 0 Å². The van der Waals surface area contributed by atoms with Gasteiger partial charge in [-0.25, -0.2) is 0 Å². The minimum absolute atomic E-state index is 0.0549. The molecule has 0 saturated carbocycles. The second-order valence-corrected chi connectivity index (χ2v) is 3.37. The van der Waals surface area contributed by atoms with Crippen LogP contribution in [0.2, 0.25) is 0 Å². The fourth-order valence-electron chi connectivity index (χ4n) is 1.54. The van der Waals surface area contributed by atoms with Crippen molar-refractivity contribution in [2.45, 2.75) is 12.8 Å². The Balaban J connectivity index is 3.33. The second-order valence-electron chi connectivity index (χ2n) is 3.37. The van der Waals surface area contributed by atoms with E-state index in [0.29, 0.717) is 16.9 Å². The maximum absolute atomic E-state index is 11.2. The number of aliphatic hydroxyl groups is 1. The van der Waals surface area contributed by atoms with Crippen molar-refractivity contribution in [1.82, 2.24) is 0 Å². The van der Waals surface area contributed by atoms with E-state index in [4.69, 9.17) is 15.6 Å². The molecule has 0 aliphatic rings. The summed E-state index contributed by atoms with van der Waals surface area (Å²) in [6.07, 6.45) is 0. The summed E-state index contributed by atoms with van der Waals surface area (Å²) in [5.41, 5.74) is 6.32. The highest BCUT2D eigenvalue weighted by Gasteiger charge is 2.18. The third-order valence-corrected chi connectivity index (χ3v) is 2.32. The number of carbonyl (C=O) groups excluding carboxylic acids is 1. The first-order valence-electron chi connectivity index (χ1n) is 4.69. The lowest BCUT2D eigenvalue weighted by molar-refractivity contribution is 0.0998. The zero-order chi connectivity index (χ0) is 11.4. The van der Waals surface area contributed by atoms with Crippen molar-refractivity contribution in [3.05, 3.63) is 29.3 Å². The van der Waals surface area contributed by atoms with Gasteiger partial charge in [0, 0.05) is 23.7 Å². The molecule has 15 heavy (non-hydrogen) atoms. The van der Waals surface area contributed by atoms with E-state index in [1.54, 1.807) is 18.2 Å². The molecule has 0 aromatic heterocycles. The highest BCUT2D eigenvalue weighted by Crippen LogP contribution is 2.29. The number of benzene rings is 1. The number of carbonyl (C=O) groups is 1. The summed E-state index contributed by atoms with van der Waals surface area (Å²) in [4.78, 5) is 11.2. The van der Waals surface area contributed by atoms with Gasteiger partial charge in [0.25, 0.3) is 0 Å². The molecule has 0 spiro atoms. The Labute approximate surface area is 88.7 Å². The van der Waals surface area contributed by atoms with Crippen molar-refractivity contribution in [1.29, 1.82) is 0 Å². The predicted molar refractivity (Wildman–Crippen MR) is 57.0 cm³/mol. The molecule has 0 heterocycles. The number of methoxy groups -OCH3 is 1. The van der Waals surface area contributed by atoms with Crippen LogP contribution in [0.15, 0.2) is 18.2 Å². The maximum atomic E-state index is 11.2. The number of ether oxygens (including phenoxy) is 1. The van der Waals surface area contributed by atoms with E-state index in [-0.39, 0.29) is 12.5 Å². The molecule has 1 aromatic carbocycles.